The number of aromatic amines is 1. The van der Waals surface area contributed by atoms with Crippen molar-refractivity contribution < 1.29 is 14.4 Å². The molecule has 3 N–H and O–H groups in total. The van der Waals surface area contributed by atoms with Crippen LogP contribution in [0.15, 0.2) is 24.3 Å². The molecule has 0 saturated heterocycles. The van der Waals surface area contributed by atoms with Gasteiger partial charge in [0.05, 0.1) is 0 Å². The summed E-state index contributed by atoms with van der Waals surface area (Å²) in [5.41, 5.74) is 3.62. The number of aromatic nitrogens is 1. The topological polar surface area (TPSA) is 91.1 Å². The average molecular weight is 339 g/mol. The number of H-pyrrole nitrogens is 1. The van der Waals surface area contributed by atoms with Crippen molar-refractivity contribution in [2.75, 3.05) is 11.9 Å². The molecule has 0 fully saturated rings. The Morgan fingerprint density at radius 1 is 1.20 bits per heavy atom. The highest BCUT2D eigenvalue weighted by Gasteiger charge is 2.26. The highest BCUT2D eigenvalue weighted by Crippen LogP contribution is 2.27. The van der Waals surface area contributed by atoms with Gasteiger partial charge in [-0.25, -0.2) is 0 Å². The molecule has 3 rings (SSSR count). The number of nitrogens with one attached hydrogen (secondary N) is 3. The van der Waals surface area contributed by atoms with Crippen LogP contribution in [0, 0.1) is 6.92 Å². The number of anilines is 1. The summed E-state index contributed by atoms with van der Waals surface area (Å²) < 4.78 is 0. The van der Waals surface area contributed by atoms with Crippen molar-refractivity contribution in [2.24, 2.45) is 0 Å². The number of rotatable bonds is 4. The van der Waals surface area contributed by atoms with E-state index in [9.17, 15) is 14.4 Å². The van der Waals surface area contributed by atoms with Crippen LogP contribution >= 0.6 is 0 Å². The third-order valence-electron chi connectivity index (χ3n) is 4.38. The van der Waals surface area contributed by atoms with Gasteiger partial charge < -0.3 is 15.6 Å². The Morgan fingerprint density at radius 3 is 2.72 bits per heavy atom. The lowest BCUT2D eigenvalue weighted by atomic mass is 9.94. The molecule has 0 radical (unpaired) electrons. The molecule has 1 aliphatic rings. The Balaban J connectivity index is 1.83. The number of carbonyl (C=O) groups excluding carboxylic acids is 3. The number of amides is 2. The largest absolute Gasteiger partial charge is 0.354 e. The quantitative estimate of drug-likeness (QED) is 0.800. The molecule has 1 aromatic heterocycles. The summed E-state index contributed by atoms with van der Waals surface area (Å²) >= 11 is 0. The second-order valence-electron chi connectivity index (χ2n) is 6.15. The third kappa shape index (κ3) is 3.33. The molecule has 1 aliphatic carbocycles. The third-order valence-corrected chi connectivity index (χ3v) is 4.38. The van der Waals surface area contributed by atoms with E-state index in [1.165, 1.54) is 0 Å². The van der Waals surface area contributed by atoms with Crippen LogP contribution in [-0.4, -0.2) is 29.1 Å². The van der Waals surface area contributed by atoms with Crippen LogP contribution in [0.25, 0.3) is 0 Å². The van der Waals surface area contributed by atoms with Crippen LogP contribution in [0.2, 0.25) is 0 Å². The predicted octanol–water partition coefficient (Wildman–Crippen LogP) is 2.84. The number of benzene rings is 1. The summed E-state index contributed by atoms with van der Waals surface area (Å²) in [5.74, 6) is -0.407. The minimum atomic E-state index is -0.312. The van der Waals surface area contributed by atoms with Gasteiger partial charge in [-0.05, 0) is 50.5 Å². The maximum atomic E-state index is 12.6. The molecule has 0 saturated carbocycles. The van der Waals surface area contributed by atoms with Gasteiger partial charge in [0, 0.05) is 35.5 Å². The van der Waals surface area contributed by atoms with Crippen LogP contribution in [-0.2, 0) is 6.42 Å². The fraction of sp³-hybridized carbons (Fsp3) is 0.316. The van der Waals surface area contributed by atoms with Crippen LogP contribution < -0.4 is 10.6 Å². The minimum absolute atomic E-state index is 0.0901. The Labute approximate surface area is 146 Å². The molecular formula is C19H21N3O3. The first-order chi connectivity index (χ1) is 12.0. The van der Waals surface area contributed by atoms with Gasteiger partial charge in [0.1, 0.15) is 5.69 Å². The lowest BCUT2D eigenvalue weighted by Crippen LogP contribution is -2.22. The molecule has 130 valence electrons. The van der Waals surface area contributed by atoms with E-state index in [1.807, 2.05) is 6.92 Å². The van der Waals surface area contributed by atoms with E-state index < -0.39 is 0 Å². The van der Waals surface area contributed by atoms with Crippen molar-refractivity contribution in [3.05, 3.63) is 52.3 Å². The second kappa shape index (κ2) is 6.93. The van der Waals surface area contributed by atoms with E-state index in [1.54, 1.807) is 31.2 Å². The smallest absolute Gasteiger partial charge is 0.272 e. The summed E-state index contributed by atoms with van der Waals surface area (Å²) in [5, 5.41) is 5.52. The lowest BCUT2D eigenvalue weighted by Gasteiger charge is -2.09. The fourth-order valence-electron chi connectivity index (χ4n) is 3.20. The van der Waals surface area contributed by atoms with E-state index in [-0.39, 0.29) is 17.6 Å². The summed E-state index contributed by atoms with van der Waals surface area (Å²) in [7, 11) is 0. The van der Waals surface area contributed by atoms with Crippen molar-refractivity contribution >= 4 is 23.3 Å². The summed E-state index contributed by atoms with van der Waals surface area (Å²) in [6.45, 7) is 4.18. The zero-order valence-electron chi connectivity index (χ0n) is 14.4. The molecule has 0 atom stereocenters. The SMILES string of the molecule is CCNC(=O)c1cccc(NC(=O)c2[nH]c3c(c2C)C(=O)CCC3)c1. The Morgan fingerprint density at radius 2 is 2.00 bits per heavy atom. The molecule has 0 spiro atoms. The maximum absolute atomic E-state index is 12.6. The summed E-state index contributed by atoms with van der Waals surface area (Å²) in [6.07, 6.45) is 2.12. The van der Waals surface area contributed by atoms with E-state index in [4.69, 9.17) is 0 Å². The molecule has 6 nitrogen and oxygen atoms in total. The van der Waals surface area contributed by atoms with Gasteiger partial charge in [-0.3, -0.25) is 14.4 Å². The Kier molecular flexibility index (Phi) is 4.70. The predicted molar refractivity (Wildman–Crippen MR) is 95.2 cm³/mol. The molecule has 2 aromatic rings. The highest BCUT2D eigenvalue weighted by atomic mass is 16.2. The average Bonchev–Trinajstić information content (AvgIpc) is 2.93. The highest BCUT2D eigenvalue weighted by molar-refractivity contribution is 6.08. The van der Waals surface area contributed by atoms with E-state index in [2.05, 4.69) is 15.6 Å². The normalized spacial score (nSPS) is 13.3. The van der Waals surface area contributed by atoms with Crippen LogP contribution in [0.4, 0.5) is 5.69 Å². The monoisotopic (exact) mass is 339 g/mol. The standard InChI is InChI=1S/C19H21N3O3/c1-3-20-18(24)12-6-4-7-13(10-12)21-19(25)17-11(2)16-14(22-17)8-5-9-15(16)23/h4,6-7,10,22H,3,5,8-9H2,1-2H3,(H,20,24)(H,21,25). The van der Waals surface area contributed by atoms with Gasteiger partial charge in [-0.15, -0.1) is 0 Å². The van der Waals surface area contributed by atoms with Gasteiger partial charge in [-0.2, -0.15) is 0 Å². The number of carbonyl (C=O) groups is 3. The van der Waals surface area contributed by atoms with Gasteiger partial charge in [0.15, 0.2) is 5.78 Å². The van der Waals surface area contributed by atoms with Crippen molar-refractivity contribution in [2.45, 2.75) is 33.1 Å². The van der Waals surface area contributed by atoms with Crippen molar-refractivity contribution in [1.29, 1.82) is 0 Å². The molecular weight excluding hydrogens is 318 g/mol. The van der Waals surface area contributed by atoms with E-state index in [0.717, 1.165) is 18.5 Å². The summed E-state index contributed by atoms with van der Waals surface area (Å²) in [4.78, 5) is 39.7. The zero-order valence-corrected chi connectivity index (χ0v) is 14.4. The number of hydrogen-bond donors (Lipinski definition) is 3. The van der Waals surface area contributed by atoms with Crippen LogP contribution in [0.1, 0.15) is 62.2 Å². The fourth-order valence-corrected chi connectivity index (χ4v) is 3.20. The van der Waals surface area contributed by atoms with Gasteiger partial charge in [0.2, 0.25) is 0 Å². The number of hydrogen-bond acceptors (Lipinski definition) is 3. The minimum Gasteiger partial charge on any atom is -0.354 e. The van der Waals surface area contributed by atoms with Gasteiger partial charge >= 0.3 is 0 Å². The van der Waals surface area contributed by atoms with E-state index >= 15 is 0 Å². The first kappa shape index (κ1) is 17.0. The number of Topliss-reactive ketones (excluding diaryl/α,β-unsaturated/α-hetero) is 1. The zero-order chi connectivity index (χ0) is 18.0. The number of aryl methyl sites for hydroxylation is 1. The van der Waals surface area contributed by atoms with Gasteiger partial charge in [-0.1, -0.05) is 6.07 Å². The molecule has 25 heavy (non-hydrogen) atoms. The maximum Gasteiger partial charge on any atom is 0.272 e. The Hall–Kier alpha value is -2.89. The van der Waals surface area contributed by atoms with Crippen LogP contribution in [0.5, 0.6) is 0 Å². The van der Waals surface area contributed by atoms with E-state index in [0.29, 0.717) is 41.0 Å². The van der Waals surface area contributed by atoms with Crippen molar-refractivity contribution in [3.8, 4) is 0 Å². The first-order valence-corrected chi connectivity index (χ1v) is 8.45. The number of ketones is 1. The van der Waals surface area contributed by atoms with Crippen molar-refractivity contribution in [3.63, 3.8) is 0 Å². The molecule has 1 aromatic carbocycles. The summed E-state index contributed by atoms with van der Waals surface area (Å²) in [6, 6.07) is 6.77. The second-order valence-corrected chi connectivity index (χ2v) is 6.15. The molecule has 0 aliphatic heterocycles. The van der Waals surface area contributed by atoms with Crippen molar-refractivity contribution in [1.82, 2.24) is 10.3 Å². The first-order valence-electron chi connectivity index (χ1n) is 8.45. The molecule has 1 heterocycles. The van der Waals surface area contributed by atoms with Crippen LogP contribution in [0.3, 0.4) is 0 Å². The number of fused-ring (bicyclic) bond motifs is 1. The van der Waals surface area contributed by atoms with Gasteiger partial charge in [0.25, 0.3) is 11.8 Å². The molecule has 0 bridgehead atoms. The molecule has 0 unspecified atom stereocenters. The Bertz CT molecular complexity index is 852. The molecule has 6 heteroatoms. The lowest BCUT2D eigenvalue weighted by molar-refractivity contribution is 0.0951. The molecule has 2 amide bonds.